The number of benzene rings is 2. The number of hydrogen-bond acceptors (Lipinski definition) is 5. The zero-order valence-electron chi connectivity index (χ0n) is 14.5. The third-order valence-corrected chi connectivity index (χ3v) is 5.63. The molecule has 0 fully saturated rings. The Bertz CT molecular complexity index is 1220. The summed E-state index contributed by atoms with van der Waals surface area (Å²) in [5.74, 6) is -0.431. The predicted octanol–water partition coefficient (Wildman–Crippen LogP) is 5.19. The lowest BCUT2D eigenvalue weighted by atomic mass is 10.2. The van der Waals surface area contributed by atoms with Crippen molar-refractivity contribution in [2.45, 2.75) is 6.92 Å². The van der Waals surface area contributed by atoms with Gasteiger partial charge in [-0.15, -0.1) is 0 Å². The quantitative estimate of drug-likeness (QED) is 0.369. The molecule has 7 nitrogen and oxygen atoms in total. The molecule has 0 bridgehead atoms. The van der Waals surface area contributed by atoms with Gasteiger partial charge in [0.05, 0.1) is 10.6 Å². The number of nitro benzene ring substituents is 1. The second kappa shape index (κ2) is 7.06. The molecule has 0 spiro atoms. The maximum atomic E-state index is 12.7. The number of imidazole rings is 1. The number of thiazole rings is 1. The lowest BCUT2D eigenvalue weighted by Crippen LogP contribution is -2.13. The molecular weight excluding hydrogens is 400 g/mol. The average Bonchev–Trinajstić information content (AvgIpc) is 3.23. The molecule has 2 aromatic carbocycles. The Morgan fingerprint density at radius 3 is 2.68 bits per heavy atom. The predicted molar refractivity (Wildman–Crippen MR) is 109 cm³/mol. The van der Waals surface area contributed by atoms with Gasteiger partial charge in [-0.1, -0.05) is 53.3 Å². The van der Waals surface area contributed by atoms with E-state index in [1.54, 1.807) is 0 Å². The third kappa shape index (κ3) is 3.23. The number of fused-ring (bicyclic) bond motifs is 1. The van der Waals surface area contributed by atoms with E-state index in [4.69, 9.17) is 11.6 Å². The van der Waals surface area contributed by atoms with Crippen LogP contribution in [0.5, 0.6) is 0 Å². The molecule has 0 aliphatic rings. The fourth-order valence-corrected chi connectivity index (χ4v) is 4.02. The second-order valence-corrected chi connectivity index (χ2v) is 7.45. The Morgan fingerprint density at radius 2 is 2.00 bits per heavy atom. The van der Waals surface area contributed by atoms with Gasteiger partial charge in [-0.25, -0.2) is 4.98 Å². The average molecular weight is 413 g/mol. The van der Waals surface area contributed by atoms with Crippen molar-refractivity contribution in [3.63, 3.8) is 0 Å². The highest BCUT2D eigenvalue weighted by Crippen LogP contribution is 2.31. The molecule has 0 aliphatic heterocycles. The molecule has 0 saturated heterocycles. The number of aryl methyl sites for hydroxylation is 1. The highest BCUT2D eigenvalue weighted by molar-refractivity contribution is 7.19. The van der Waals surface area contributed by atoms with Crippen LogP contribution in [0.2, 0.25) is 5.02 Å². The van der Waals surface area contributed by atoms with E-state index in [9.17, 15) is 14.9 Å². The monoisotopic (exact) mass is 412 g/mol. The van der Waals surface area contributed by atoms with E-state index in [0.29, 0.717) is 15.5 Å². The van der Waals surface area contributed by atoms with Gasteiger partial charge in [-0.2, -0.15) is 0 Å². The Labute approximate surface area is 168 Å². The summed E-state index contributed by atoms with van der Waals surface area (Å²) in [6.45, 7) is 1.81. The normalized spacial score (nSPS) is 10.9. The van der Waals surface area contributed by atoms with Crippen LogP contribution in [-0.2, 0) is 0 Å². The molecule has 140 valence electrons. The topological polar surface area (TPSA) is 89.5 Å². The summed E-state index contributed by atoms with van der Waals surface area (Å²) < 4.78 is 1.85. The first-order valence-corrected chi connectivity index (χ1v) is 9.42. The maximum absolute atomic E-state index is 12.7. The van der Waals surface area contributed by atoms with Crippen LogP contribution >= 0.6 is 22.9 Å². The molecular formula is C19H13ClN4O3S. The molecule has 4 aromatic rings. The van der Waals surface area contributed by atoms with Crippen molar-refractivity contribution >= 4 is 45.2 Å². The van der Waals surface area contributed by atoms with Crippen LogP contribution in [0.15, 0.2) is 54.7 Å². The van der Waals surface area contributed by atoms with E-state index in [-0.39, 0.29) is 16.4 Å². The van der Waals surface area contributed by atoms with E-state index in [1.807, 2.05) is 47.9 Å². The van der Waals surface area contributed by atoms with Crippen molar-refractivity contribution in [1.82, 2.24) is 9.38 Å². The number of aromatic nitrogens is 2. The number of hydrogen-bond donors (Lipinski definition) is 1. The molecule has 28 heavy (non-hydrogen) atoms. The first-order chi connectivity index (χ1) is 13.4. The summed E-state index contributed by atoms with van der Waals surface area (Å²) in [5.41, 5.74) is 2.35. The molecule has 0 aliphatic carbocycles. The van der Waals surface area contributed by atoms with Gasteiger partial charge in [-0.05, 0) is 19.1 Å². The second-order valence-electron chi connectivity index (χ2n) is 6.03. The first-order valence-electron chi connectivity index (χ1n) is 8.23. The van der Waals surface area contributed by atoms with Crippen molar-refractivity contribution in [2.75, 3.05) is 5.32 Å². The van der Waals surface area contributed by atoms with Crippen molar-refractivity contribution in [3.05, 3.63) is 80.4 Å². The van der Waals surface area contributed by atoms with Gasteiger partial charge in [0.25, 0.3) is 11.6 Å². The van der Waals surface area contributed by atoms with Crippen LogP contribution in [0.4, 0.5) is 11.4 Å². The largest absolute Gasteiger partial charge is 0.315 e. The maximum Gasteiger partial charge on any atom is 0.294 e. The SMILES string of the molecule is Cc1c(C(=O)Nc2ccc(Cl)cc2[N+](=O)[O-])sc2nc(-c3ccccc3)cn12. The Balaban J connectivity index is 1.66. The molecule has 1 N–H and O–H groups in total. The van der Waals surface area contributed by atoms with Gasteiger partial charge in [0.15, 0.2) is 4.96 Å². The number of carbonyl (C=O) groups excluding carboxylic acids is 1. The number of amides is 1. The Hall–Kier alpha value is -3.23. The molecule has 0 atom stereocenters. The third-order valence-electron chi connectivity index (χ3n) is 4.24. The van der Waals surface area contributed by atoms with Crippen LogP contribution < -0.4 is 5.32 Å². The van der Waals surface area contributed by atoms with Crippen molar-refractivity contribution < 1.29 is 9.72 Å². The van der Waals surface area contributed by atoms with E-state index < -0.39 is 10.8 Å². The number of nitrogens with zero attached hydrogens (tertiary/aromatic N) is 3. The van der Waals surface area contributed by atoms with Gasteiger partial charge < -0.3 is 5.32 Å². The summed E-state index contributed by atoms with van der Waals surface area (Å²) in [4.78, 5) is 29.0. The summed E-state index contributed by atoms with van der Waals surface area (Å²) in [6, 6.07) is 13.9. The molecule has 0 radical (unpaired) electrons. The van der Waals surface area contributed by atoms with Crippen molar-refractivity contribution in [2.24, 2.45) is 0 Å². The molecule has 4 rings (SSSR count). The zero-order chi connectivity index (χ0) is 19.8. The lowest BCUT2D eigenvalue weighted by molar-refractivity contribution is -0.383. The van der Waals surface area contributed by atoms with Gasteiger partial charge in [-0.3, -0.25) is 19.3 Å². The molecule has 2 aromatic heterocycles. The fraction of sp³-hybridized carbons (Fsp3) is 0.0526. The van der Waals surface area contributed by atoms with Crippen LogP contribution in [0.25, 0.3) is 16.2 Å². The highest BCUT2D eigenvalue weighted by atomic mass is 35.5. The molecule has 1 amide bonds. The first kappa shape index (κ1) is 18.1. The summed E-state index contributed by atoms with van der Waals surface area (Å²) in [7, 11) is 0. The van der Waals surface area contributed by atoms with E-state index in [1.165, 1.54) is 29.5 Å². The minimum Gasteiger partial charge on any atom is -0.315 e. The van der Waals surface area contributed by atoms with Gasteiger partial charge in [0.2, 0.25) is 0 Å². The number of rotatable bonds is 4. The van der Waals surface area contributed by atoms with Gasteiger partial charge in [0.1, 0.15) is 10.6 Å². The highest BCUT2D eigenvalue weighted by Gasteiger charge is 2.22. The number of carbonyl (C=O) groups is 1. The van der Waals surface area contributed by atoms with Crippen LogP contribution in [-0.4, -0.2) is 20.2 Å². The number of nitro groups is 1. The molecule has 2 heterocycles. The fourth-order valence-electron chi connectivity index (χ4n) is 2.85. The van der Waals surface area contributed by atoms with E-state index >= 15 is 0 Å². The Kier molecular flexibility index (Phi) is 4.58. The van der Waals surface area contributed by atoms with Gasteiger partial charge in [0, 0.05) is 28.5 Å². The number of anilines is 1. The number of halogens is 1. The molecule has 0 saturated carbocycles. The van der Waals surface area contributed by atoms with Crippen molar-refractivity contribution in [1.29, 1.82) is 0 Å². The number of nitrogens with one attached hydrogen (secondary N) is 1. The zero-order valence-corrected chi connectivity index (χ0v) is 16.1. The van der Waals surface area contributed by atoms with Crippen LogP contribution in [0, 0.1) is 17.0 Å². The smallest absolute Gasteiger partial charge is 0.294 e. The minimum absolute atomic E-state index is 0.0924. The standard InChI is InChI=1S/C19H13ClN4O3S/c1-11-17(18(25)21-14-8-7-13(20)9-16(14)24(26)27)28-19-22-15(10-23(11)19)12-5-3-2-4-6-12/h2-10H,1H3,(H,21,25). The Morgan fingerprint density at radius 1 is 1.25 bits per heavy atom. The van der Waals surface area contributed by atoms with Gasteiger partial charge >= 0.3 is 0 Å². The minimum atomic E-state index is -0.582. The lowest BCUT2D eigenvalue weighted by Gasteiger charge is -2.05. The van der Waals surface area contributed by atoms with E-state index in [0.717, 1.165) is 11.3 Å². The van der Waals surface area contributed by atoms with Crippen molar-refractivity contribution in [3.8, 4) is 11.3 Å². The molecule has 9 heteroatoms. The summed E-state index contributed by atoms with van der Waals surface area (Å²) in [6.07, 6.45) is 1.87. The molecule has 0 unspecified atom stereocenters. The summed E-state index contributed by atoms with van der Waals surface area (Å²) in [5, 5.41) is 14.0. The van der Waals surface area contributed by atoms with E-state index in [2.05, 4.69) is 10.3 Å². The summed E-state index contributed by atoms with van der Waals surface area (Å²) >= 11 is 7.05. The van der Waals surface area contributed by atoms with Crippen LogP contribution in [0.3, 0.4) is 0 Å². The van der Waals surface area contributed by atoms with Crippen LogP contribution in [0.1, 0.15) is 15.4 Å².